The molecular formula is C9H14Cl2O6. The molecule has 100 valence electrons. The lowest BCUT2D eigenvalue weighted by atomic mass is 9.95. The first kappa shape index (κ1) is 16.1. The van der Waals surface area contributed by atoms with Crippen molar-refractivity contribution in [2.45, 2.75) is 25.0 Å². The minimum atomic E-state index is -1.14. The SMILES string of the molecule is COC(=O)OC(Cl)C(C)(C)C(Cl)OC(=O)OC. The Morgan fingerprint density at radius 1 is 0.941 bits per heavy atom. The van der Waals surface area contributed by atoms with Crippen LogP contribution in [0, 0.1) is 5.41 Å². The number of rotatable bonds is 4. The predicted octanol–water partition coefficient (Wildman–Crippen LogP) is 2.71. The average molecular weight is 289 g/mol. The number of alkyl halides is 2. The number of carbonyl (C=O) groups is 2. The van der Waals surface area contributed by atoms with Crippen LogP contribution in [0.2, 0.25) is 0 Å². The van der Waals surface area contributed by atoms with Gasteiger partial charge in [0, 0.05) is 0 Å². The summed E-state index contributed by atoms with van der Waals surface area (Å²) in [6, 6.07) is 0. The minimum absolute atomic E-state index is 0.958. The third-order valence-corrected chi connectivity index (χ3v) is 3.21. The van der Waals surface area contributed by atoms with Crippen LogP contribution in [0.15, 0.2) is 0 Å². The van der Waals surface area contributed by atoms with Crippen molar-refractivity contribution in [3.63, 3.8) is 0 Å². The van der Waals surface area contributed by atoms with E-state index in [1.807, 2.05) is 0 Å². The average Bonchev–Trinajstić information content (AvgIpc) is 2.28. The minimum Gasteiger partial charge on any atom is -0.438 e. The molecular weight excluding hydrogens is 275 g/mol. The molecule has 0 aliphatic rings. The Balaban J connectivity index is 4.52. The van der Waals surface area contributed by atoms with Gasteiger partial charge < -0.3 is 18.9 Å². The van der Waals surface area contributed by atoms with Crippen LogP contribution in [0.5, 0.6) is 0 Å². The zero-order valence-corrected chi connectivity index (χ0v) is 11.4. The van der Waals surface area contributed by atoms with Crippen molar-refractivity contribution in [1.29, 1.82) is 0 Å². The zero-order valence-electron chi connectivity index (χ0n) is 9.86. The first-order valence-electron chi connectivity index (χ1n) is 4.53. The Morgan fingerprint density at radius 3 is 1.47 bits per heavy atom. The summed E-state index contributed by atoms with van der Waals surface area (Å²) < 4.78 is 17.9. The smallest absolute Gasteiger partial charge is 0.438 e. The van der Waals surface area contributed by atoms with Gasteiger partial charge in [-0.05, 0) is 0 Å². The van der Waals surface area contributed by atoms with E-state index in [4.69, 9.17) is 23.2 Å². The Kier molecular flexibility index (Phi) is 6.41. The molecule has 0 rings (SSSR count). The molecule has 2 unspecified atom stereocenters. The first-order chi connectivity index (χ1) is 7.75. The van der Waals surface area contributed by atoms with Gasteiger partial charge in [-0.1, -0.05) is 37.0 Å². The normalized spacial score (nSPS) is 14.5. The Hall–Kier alpha value is -0.880. The molecule has 0 aromatic rings. The van der Waals surface area contributed by atoms with Crippen LogP contribution in [0.4, 0.5) is 9.59 Å². The largest absolute Gasteiger partial charge is 0.509 e. The Morgan fingerprint density at radius 2 is 1.24 bits per heavy atom. The molecule has 0 aliphatic heterocycles. The van der Waals surface area contributed by atoms with E-state index >= 15 is 0 Å². The number of ether oxygens (including phenoxy) is 4. The van der Waals surface area contributed by atoms with Crippen molar-refractivity contribution in [2.75, 3.05) is 14.2 Å². The highest BCUT2D eigenvalue weighted by molar-refractivity contribution is 6.24. The van der Waals surface area contributed by atoms with Crippen LogP contribution in [0.25, 0.3) is 0 Å². The summed E-state index contributed by atoms with van der Waals surface area (Å²) in [5.74, 6) is 0. The summed E-state index contributed by atoms with van der Waals surface area (Å²) in [4.78, 5) is 21.7. The van der Waals surface area contributed by atoms with Crippen molar-refractivity contribution in [2.24, 2.45) is 5.41 Å². The monoisotopic (exact) mass is 288 g/mol. The summed E-state index contributed by atoms with van der Waals surface area (Å²) in [5, 5.41) is 0. The third kappa shape index (κ3) is 4.87. The predicted molar refractivity (Wildman–Crippen MR) is 60.0 cm³/mol. The maximum absolute atomic E-state index is 10.9. The molecule has 0 amide bonds. The van der Waals surface area contributed by atoms with E-state index in [1.54, 1.807) is 13.8 Å². The fraction of sp³-hybridized carbons (Fsp3) is 0.778. The van der Waals surface area contributed by atoms with Crippen molar-refractivity contribution in [3.8, 4) is 0 Å². The van der Waals surface area contributed by atoms with E-state index in [9.17, 15) is 9.59 Å². The van der Waals surface area contributed by atoms with Crippen LogP contribution in [-0.4, -0.2) is 37.7 Å². The van der Waals surface area contributed by atoms with Gasteiger partial charge in [-0.3, -0.25) is 0 Å². The van der Waals surface area contributed by atoms with E-state index in [1.165, 1.54) is 0 Å². The van der Waals surface area contributed by atoms with Gasteiger partial charge in [0.1, 0.15) is 0 Å². The lowest BCUT2D eigenvalue weighted by Gasteiger charge is -2.31. The molecule has 0 N–H and O–H groups in total. The Labute approximate surface area is 109 Å². The molecule has 0 aromatic carbocycles. The number of halogens is 2. The number of methoxy groups -OCH3 is 2. The van der Waals surface area contributed by atoms with Crippen LogP contribution in [0.1, 0.15) is 13.8 Å². The van der Waals surface area contributed by atoms with E-state index in [0.717, 1.165) is 14.2 Å². The van der Waals surface area contributed by atoms with Gasteiger partial charge in [0.25, 0.3) is 0 Å². The number of carbonyl (C=O) groups excluding carboxylic acids is 2. The van der Waals surface area contributed by atoms with Gasteiger partial charge in [0.15, 0.2) is 11.1 Å². The highest BCUT2D eigenvalue weighted by Gasteiger charge is 2.41. The second-order valence-electron chi connectivity index (χ2n) is 3.60. The molecule has 0 fully saturated rings. The molecule has 2 atom stereocenters. The topological polar surface area (TPSA) is 71.1 Å². The molecule has 0 radical (unpaired) electrons. The summed E-state index contributed by atoms with van der Waals surface area (Å²) in [7, 11) is 2.28. The van der Waals surface area contributed by atoms with Gasteiger partial charge in [-0.25, -0.2) is 9.59 Å². The maximum atomic E-state index is 10.9. The van der Waals surface area contributed by atoms with E-state index < -0.39 is 28.9 Å². The molecule has 0 aliphatic carbocycles. The van der Waals surface area contributed by atoms with E-state index in [0.29, 0.717) is 0 Å². The lowest BCUT2D eigenvalue weighted by molar-refractivity contribution is -0.0277. The summed E-state index contributed by atoms with van der Waals surface area (Å²) in [6.07, 6.45) is -1.92. The molecule has 8 heteroatoms. The molecule has 17 heavy (non-hydrogen) atoms. The fourth-order valence-electron chi connectivity index (χ4n) is 0.672. The van der Waals surface area contributed by atoms with E-state index in [2.05, 4.69) is 18.9 Å². The van der Waals surface area contributed by atoms with Crippen molar-refractivity contribution in [3.05, 3.63) is 0 Å². The second-order valence-corrected chi connectivity index (χ2v) is 4.39. The molecule has 0 saturated heterocycles. The summed E-state index contributed by atoms with van der Waals surface area (Å²) in [6.45, 7) is 3.10. The van der Waals surface area contributed by atoms with Gasteiger partial charge in [-0.15, -0.1) is 0 Å². The van der Waals surface area contributed by atoms with Gasteiger partial charge in [0.05, 0.1) is 19.6 Å². The van der Waals surface area contributed by atoms with Crippen molar-refractivity contribution in [1.82, 2.24) is 0 Å². The highest BCUT2D eigenvalue weighted by atomic mass is 35.5. The standard InChI is InChI=1S/C9H14Cl2O6/c1-9(2,5(10)16-7(12)14-3)6(11)17-8(13)15-4/h5-6H,1-4H3. The van der Waals surface area contributed by atoms with Gasteiger partial charge in [0.2, 0.25) is 0 Å². The molecule has 0 saturated carbocycles. The first-order valence-corrected chi connectivity index (χ1v) is 5.40. The lowest BCUT2D eigenvalue weighted by Crippen LogP contribution is -2.39. The fourth-order valence-corrected chi connectivity index (χ4v) is 1.11. The quantitative estimate of drug-likeness (QED) is 0.585. The van der Waals surface area contributed by atoms with Crippen LogP contribution >= 0.6 is 23.2 Å². The molecule has 0 spiro atoms. The molecule has 0 aromatic heterocycles. The number of hydrogen-bond donors (Lipinski definition) is 0. The molecule has 0 heterocycles. The molecule has 0 bridgehead atoms. The summed E-state index contributed by atoms with van der Waals surface area (Å²) >= 11 is 11.7. The third-order valence-electron chi connectivity index (χ3n) is 1.90. The van der Waals surface area contributed by atoms with Crippen molar-refractivity contribution >= 4 is 35.5 Å². The zero-order chi connectivity index (χ0) is 13.6. The van der Waals surface area contributed by atoms with Crippen LogP contribution in [-0.2, 0) is 18.9 Å². The van der Waals surface area contributed by atoms with E-state index in [-0.39, 0.29) is 0 Å². The van der Waals surface area contributed by atoms with Crippen LogP contribution < -0.4 is 0 Å². The van der Waals surface area contributed by atoms with Gasteiger partial charge in [-0.2, -0.15) is 0 Å². The maximum Gasteiger partial charge on any atom is 0.509 e. The van der Waals surface area contributed by atoms with Gasteiger partial charge >= 0.3 is 12.3 Å². The summed E-state index contributed by atoms with van der Waals surface area (Å²) in [5.41, 5.74) is -3.31. The van der Waals surface area contributed by atoms with Crippen LogP contribution in [0.3, 0.4) is 0 Å². The number of hydrogen-bond acceptors (Lipinski definition) is 6. The second kappa shape index (κ2) is 6.76. The highest BCUT2D eigenvalue weighted by Crippen LogP contribution is 2.35. The van der Waals surface area contributed by atoms with Crippen molar-refractivity contribution < 1.29 is 28.5 Å². The Bertz CT molecular complexity index is 255. The molecule has 6 nitrogen and oxygen atoms in total.